The average Bonchev–Trinajstić information content (AvgIpc) is 3.36. The van der Waals surface area contributed by atoms with Gasteiger partial charge in [0.15, 0.2) is 11.5 Å². The average molecular weight is 405 g/mol. The molecule has 0 aliphatic rings. The summed E-state index contributed by atoms with van der Waals surface area (Å²) in [7, 11) is 1.58. The number of aromatic nitrogens is 7. The summed E-state index contributed by atoms with van der Waals surface area (Å²) in [6.07, 6.45) is 2.97. The second-order valence-corrected chi connectivity index (χ2v) is 6.75. The van der Waals surface area contributed by atoms with E-state index in [9.17, 15) is 14.0 Å². The van der Waals surface area contributed by atoms with Gasteiger partial charge in [0.05, 0.1) is 23.8 Å². The highest BCUT2D eigenvalue weighted by Gasteiger charge is 2.18. The van der Waals surface area contributed by atoms with Gasteiger partial charge in [-0.3, -0.25) is 14.3 Å². The van der Waals surface area contributed by atoms with Crippen molar-refractivity contribution in [2.75, 3.05) is 6.67 Å². The molecule has 0 saturated carbocycles. The fourth-order valence-corrected chi connectivity index (χ4v) is 3.54. The Kier molecular flexibility index (Phi) is 4.05. The van der Waals surface area contributed by atoms with Crippen LogP contribution < -0.4 is 11.1 Å². The van der Waals surface area contributed by atoms with E-state index in [0.717, 1.165) is 10.2 Å². The van der Waals surface area contributed by atoms with Crippen molar-refractivity contribution in [2.45, 2.75) is 6.54 Å². The summed E-state index contributed by atoms with van der Waals surface area (Å²) < 4.78 is 18.4. The number of alkyl halides is 1. The van der Waals surface area contributed by atoms with Crippen LogP contribution in [0.2, 0.25) is 0 Å². The molecule has 30 heavy (non-hydrogen) atoms. The minimum absolute atomic E-state index is 0.154. The summed E-state index contributed by atoms with van der Waals surface area (Å²) in [6, 6.07) is 12.8. The summed E-state index contributed by atoms with van der Waals surface area (Å²) in [5.74, 6) is 0.531. The standard InChI is InChI=1S/C20H16FN7O2/c1-25-17-15(12-22-25)19(29)27(10-8-21)28(20(17)30)14-7-9-26-16(11-14)23-18(24-26)13-5-3-2-4-6-13/h2-7,9,11-12H,8,10H2,1H3. The molecule has 5 rings (SSSR count). The first-order valence-corrected chi connectivity index (χ1v) is 9.24. The van der Waals surface area contributed by atoms with Crippen LogP contribution in [-0.4, -0.2) is 40.4 Å². The molecule has 150 valence electrons. The molecule has 0 N–H and O–H groups in total. The lowest BCUT2D eigenvalue weighted by Crippen LogP contribution is -2.38. The fourth-order valence-electron chi connectivity index (χ4n) is 3.54. The highest BCUT2D eigenvalue weighted by Crippen LogP contribution is 2.17. The van der Waals surface area contributed by atoms with Gasteiger partial charge in [-0.25, -0.2) is 23.3 Å². The zero-order valence-corrected chi connectivity index (χ0v) is 15.9. The third-order valence-corrected chi connectivity index (χ3v) is 4.93. The molecule has 0 aliphatic heterocycles. The number of aryl methyl sites for hydroxylation is 1. The van der Waals surface area contributed by atoms with E-state index in [1.165, 1.54) is 15.6 Å². The predicted molar refractivity (Wildman–Crippen MR) is 109 cm³/mol. The summed E-state index contributed by atoms with van der Waals surface area (Å²) in [4.78, 5) is 30.6. The van der Waals surface area contributed by atoms with E-state index in [0.29, 0.717) is 17.2 Å². The van der Waals surface area contributed by atoms with Crippen molar-refractivity contribution in [3.8, 4) is 17.1 Å². The van der Waals surface area contributed by atoms with Gasteiger partial charge >= 0.3 is 0 Å². The molecule has 5 aromatic rings. The van der Waals surface area contributed by atoms with Crippen LogP contribution in [0.15, 0.2) is 64.4 Å². The van der Waals surface area contributed by atoms with E-state index in [1.807, 2.05) is 30.3 Å². The van der Waals surface area contributed by atoms with Gasteiger partial charge in [0, 0.05) is 24.9 Å². The highest BCUT2D eigenvalue weighted by molar-refractivity contribution is 5.76. The maximum atomic E-state index is 13.2. The maximum absolute atomic E-state index is 13.2. The van der Waals surface area contributed by atoms with Crippen molar-refractivity contribution in [1.82, 2.24) is 33.7 Å². The molecule has 0 amide bonds. The molecule has 0 fully saturated rings. The molecule has 0 atom stereocenters. The van der Waals surface area contributed by atoms with Crippen LogP contribution in [0.1, 0.15) is 0 Å². The van der Waals surface area contributed by atoms with Crippen LogP contribution in [0.4, 0.5) is 4.39 Å². The monoisotopic (exact) mass is 405 g/mol. The molecule has 0 radical (unpaired) electrons. The molecule has 10 heteroatoms. The number of hydrogen-bond acceptors (Lipinski definition) is 5. The second kappa shape index (κ2) is 6.76. The van der Waals surface area contributed by atoms with E-state index in [-0.39, 0.29) is 17.4 Å². The molecule has 4 heterocycles. The van der Waals surface area contributed by atoms with Gasteiger partial charge in [0.2, 0.25) is 0 Å². The summed E-state index contributed by atoms with van der Waals surface area (Å²) in [5, 5.41) is 8.61. The molecule has 0 saturated heterocycles. The lowest BCUT2D eigenvalue weighted by molar-refractivity contribution is 0.396. The van der Waals surface area contributed by atoms with Crippen molar-refractivity contribution in [2.24, 2.45) is 7.05 Å². The molecule has 0 aliphatic carbocycles. The quantitative estimate of drug-likeness (QED) is 0.453. The van der Waals surface area contributed by atoms with Gasteiger partial charge in [0.25, 0.3) is 11.1 Å². The minimum atomic E-state index is -0.795. The molecule has 9 nitrogen and oxygen atoms in total. The van der Waals surface area contributed by atoms with Gasteiger partial charge in [-0.05, 0) is 6.07 Å². The van der Waals surface area contributed by atoms with E-state index in [1.54, 1.807) is 29.9 Å². The van der Waals surface area contributed by atoms with E-state index >= 15 is 0 Å². The SMILES string of the molecule is Cn1ncc2c(=O)n(CCF)n(-c3ccn4nc(-c5ccccc5)nc4c3)c(=O)c21. The molecule has 4 aromatic heterocycles. The number of fused-ring (bicyclic) bond motifs is 2. The molecule has 0 spiro atoms. The number of rotatable bonds is 4. The van der Waals surface area contributed by atoms with Gasteiger partial charge in [-0.2, -0.15) is 5.10 Å². The number of nitrogens with zero attached hydrogens (tertiary/aromatic N) is 7. The molecular formula is C20H16FN7O2. The molecule has 0 unspecified atom stereocenters. The highest BCUT2D eigenvalue weighted by atomic mass is 19.1. The van der Waals surface area contributed by atoms with Crippen LogP contribution in [0.3, 0.4) is 0 Å². The third kappa shape index (κ3) is 2.65. The Bertz CT molecular complexity index is 1510. The Morgan fingerprint density at radius 1 is 1.07 bits per heavy atom. The van der Waals surface area contributed by atoms with E-state index in [2.05, 4.69) is 15.2 Å². The van der Waals surface area contributed by atoms with Gasteiger partial charge in [-0.1, -0.05) is 30.3 Å². The fraction of sp³-hybridized carbons (Fsp3) is 0.150. The van der Waals surface area contributed by atoms with Crippen LogP contribution in [-0.2, 0) is 13.6 Å². The lowest BCUT2D eigenvalue weighted by Gasteiger charge is -2.14. The Labute approximate surface area is 168 Å². The summed E-state index contributed by atoms with van der Waals surface area (Å²) in [6.45, 7) is -1.05. The Morgan fingerprint density at radius 2 is 1.87 bits per heavy atom. The number of halogens is 1. The Hall–Kier alpha value is -4.08. The van der Waals surface area contributed by atoms with Crippen molar-refractivity contribution in [1.29, 1.82) is 0 Å². The van der Waals surface area contributed by atoms with Crippen molar-refractivity contribution >= 4 is 16.6 Å². The Morgan fingerprint density at radius 3 is 2.63 bits per heavy atom. The molecule has 0 bridgehead atoms. The number of pyridine rings is 1. The first kappa shape index (κ1) is 18.0. The van der Waals surface area contributed by atoms with E-state index < -0.39 is 17.8 Å². The molecular weight excluding hydrogens is 389 g/mol. The Balaban J connectivity index is 1.76. The van der Waals surface area contributed by atoms with Crippen molar-refractivity contribution < 1.29 is 4.39 Å². The van der Waals surface area contributed by atoms with Crippen LogP contribution in [0, 0.1) is 0 Å². The first-order chi connectivity index (χ1) is 14.6. The van der Waals surface area contributed by atoms with Crippen LogP contribution in [0.25, 0.3) is 33.6 Å². The van der Waals surface area contributed by atoms with Crippen LogP contribution in [0.5, 0.6) is 0 Å². The summed E-state index contributed by atoms with van der Waals surface area (Å²) >= 11 is 0. The van der Waals surface area contributed by atoms with Crippen molar-refractivity contribution in [3.63, 3.8) is 0 Å². The van der Waals surface area contributed by atoms with E-state index in [4.69, 9.17) is 0 Å². The van der Waals surface area contributed by atoms with Gasteiger partial charge in [0.1, 0.15) is 12.2 Å². The normalized spacial score (nSPS) is 11.5. The van der Waals surface area contributed by atoms with Crippen molar-refractivity contribution in [3.05, 3.63) is 75.6 Å². The topological polar surface area (TPSA) is 92.0 Å². The minimum Gasteiger partial charge on any atom is -0.267 e. The predicted octanol–water partition coefficient (Wildman–Crippen LogP) is 1.57. The largest absolute Gasteiger partial charge is 0.296 e. The second-order valence-electron chi connectivity index (χ2n) is 6.75. The van der Waals surface area contributed by atoms with Gasteiger partial charge < -0.3 is 0 Å². The van der Waals surface area contributed by atoms with Gasteiger partial charge in [-0.15, -0.1) is 5.10 Å². The maximum Gasteiger partial charge on any atom is 0.296 e. The summed E-state index contributed by atoms with van der Waals surface area (Å²) in [5.41, 5.74) is 0.926. The zero-order valence-electron chi connectivity index (χ0n) is 15.9. The molecule has 1 aromatic carbocycles. The number of hydrogen-bond donors (Lipinski definition) is 0. The van der Waals surface area contributed by atoms with Crippen LogP contribution >= 0.6 is 0 Å². The smallest absolute Gasteiger partial charge is 0.267 e. The number of benzene rings is 1. The third-order valence-electron chi connectivity index (χ3n) is 4.93. The lowest BCUT2D eigenvalue weighted by atomic mass is 10.2. The first-order valence-electron chi connectivity index (χ1n) is 9.24. The zero-order chi connectivity index (χ0) is 20.8.